The summed E-state index contributed by atoms with van der Waals surface area (Å²) in [6.07, 6.45) is 6.35. The summed E-state index contributed by atoms with van der Waals surface area (Å²) >= 11 is 1.86. The topological polar surface area (TPSA) is 12.0 Å². The van der Waals surface area contributed by atoms with Crippen molar-refractivity contribution >= 4 is 11.8 Å². The highest BCUT2D eigenvalue weighted by molar-refractivity contribution is 7.99. The van der Waals surface area contributed by atoms with E-state index in [0.29, 0.717) is 12.1 Å². The van der Waals surface area contributed by atoms with Crippen LogP contribution in [0.3, 0.4) is 0 Å². The highest BCUT2D eigenvalue weighted by Crippen LogP contribution is 2.38. The van der Waals surface area contributed by atoms with E-state index in [-0.39, 0.29) is 5.82 Å². The lowest BCUT2D eigenvalue weighted by atomic mass is 9.79. The Kier molecular flexibility index (Phi) is 4.90. The number of hydrogen-bond donors (Lipinski definition) is 1. The minimum Gasteiger partial charge on any atom is -0.307 e. The number of halogens is 1. The highest BCUT2D eigenvalue weighted by atomic mass is 32.2. The van der Waals surface area contributed by atoms with Crippen LogP contribution >= 0.6 is 11.8 Å². The summed E-state index contributed by atoms with van der Waals surface area (Å²) in [7, 11) is 0. The van der Waals surface area contributed by atoms with E-state index in [9.17, 15) is 4.39 Å². The van der Waals surface area contributed by atoms with Gasteiger partial charge in [0.2, 0.25) is 0 Å². The normalized spacial score (nSPS) is 29.4. The van der Waals surface area contributed by atoms with E-state index in [4.69, 9.17) is 0 Å². The minimum absolute atomic E-state index is 0.105. The van der Waals surface area contributed by atoms with Crippen LogP contribution in [0.15, 0.2) is 23.1 Å². The second-order valence-electron chi connectivity index (χ2n) is 6.89. The van der Waals surface area contributed by atoms with Crippen LogP contribution in [0, 0.1) is 17.7 Å². The van der Waals surface area contributed by atoms with Gasteiger partial charge in [-0.25, -0.2) is 4.39 Å². The smallest absolute Gasteiger partial charge is 0.123 e. The molecule has 0 bridgehead atoms. The average molecular weight is 307 g/mol. The van der Waals surface area contributed by atoms with Crippen molar-refractivity contribution < 1.29 is 4.39 Å². The molecule has 0 saturated heterocycles. The van der Waals surface area contributed by atoms with Gasteiger partial charge in [-0.1, -0.05) is 13.8 Å². The van der Waals surface area contributed by atoms with Gasteiger partial charge in [-0.15, -0.1) is 11.8 Å². The van der Waals surface area contributed by atoms with Crippen LogP contribution in [-0.2, 0) is 0 Å². The number of rotatable bonds is 3. The molecule has 116 valence electrons. The predicted molar refractivity (Wildman–Crippen MR) is 88.2 cm³/mol. The Labute approximate surface area is 132 Å². The largest absolute Gasteiger partial charge is 0.307 e. The molecule has 0 radical (unpaired) electrons. The maximum Gasteiger partial charge on any atom is 0.123 e. The fraction of sp³-hybridized carbons (Fsp3) is 0.667. The van der Waals surface area contributed by atoms with Crippen molar-refractivity contribution in [3.63, 3.8) is 0 Å². The maximum absolute atomic E-state index is 13.5. The zero-order chi connectivity index (χ0) is 14.8. The van der Waals surface area contributed by atoms with Gasteiger partial charge in [0.25, 0.3) is 0 Å². The fourth-order valence-electron chi connectivity index (χ4n) is 3.78. The summed E-state index contributed by atoms with van der Waals surface area (Å²) in [5.41, 5.74) is 1.18. The molecule has 0 spiro atoms. The van der Waals surface area contributed by atoms with Gasteiger partial charge in [0.05, 0.1) is 0 Å². The second-order valence-corrected chi connectivity index (χ2v) is 8.03. The number of nitrogens with one attached hydrogen (secondary N) is 1. The zero-order valence-electron chi connectivity index (χ0n) is 13.1. The first-order chi connectivity index (χ1) is 10.1. The molecule has 3 rings (SSSR count). The highest BCUT2D eigenvalue weighted by Gasteiger charge is 2.27. The summed E-state index contributed by atoms with van der Waals surface area (Å²) in [6, 6.07) is 6.22. The Morgan fingerprint density at radius 1 is 1.14 bits per heavy atom. The summed E-state index contributed by atoms with van der Waals surface area (Å²) < 4.78 is 13.5. The summed E-state index contributed by atoms with van der Waals surface area (Å²) in [5.74, 6) is 2.74. The lowest BCUT2D eigenvalue weighted by Crippen LogP contribution is -2.37. The molecule has 1 aliphatic heterocycles. The number of thioether (sulfide) groups is 1. The van der Waals surface area contributed by atoms with Crippen LogP contribution in [0.4, 0.5) is 4.39 Å². The summed E-state index contributed by atoms with van der Waals surface area (Å²) in [4.78, 5) is 1.26. The maximum atomic E-state index is 13.5. The first-order valence-electron chi connectivity index (χ1n) is 8.32. The van der Waals surface area contributed by atoms with Crippen molar-refractivity contribution in [3.8, 4) is 0 Å². The van der Waals surface area contributed by atoms with E-state index in [2.05, 4.69) is 19.2 Å². The molecule has 0 amide bonds. The van der Waals surface area contributed by atoms with Crippen LogP contribution in [0.5, 0.6) is 0 Å². The lowest BCUT2D eigenvalue weighted by molar-refractivity contribution is 0.227. The van der Waals surface area contributed by atoms with E-state index in [1.807, 2.05) is 17.8 Å². The Balaban J connectivity index is 1.63. The van der Waals surface area contributed by atoms with E-state index >= 15 is 0 Å². The fourth-order valence-corrected chi connectivity index (χ4v) is 4.88. The van der Waals surface area contributed by atoms with E-state index in [0.717, 1.165) is 24.0 Å². The lowest BCUT2D eigenvalue weighted by Gasteiger charge is -2.35. The number of hydrogen-bond acceptors (Lipinski definition) is 2. The van der Waals surface area contributed by atoms with Crippen molar-refractivity contribution in [2.45, 2.75) is 62.9 Å². The zero-order valence-corrected chi connectivity index (χ0v) is 13.9. The van der Waals surface area contributed by atoms with Crippen LogP contribution in [0.25, 0.3) is 0 Å². The second kappa shape index (κ2) is 6.70. The molecule has 1 unspecified atom stereocenters. The summed E-state index contributed by atoms with van der Waals surface area (Å²) in [5, 5.41) is 3.82. The van der Waals surface area contributed by atoms with Gasteiger partial charge in [-0.3, -0.25) is 0 Å². The third kappa shape index (κ3) is 3.62. The third-order valence-corrected chi connectivity index (χ3v) is 6.29. The van der Waals surface area contributed by atoms with Crippen LogP contribution in [0.2, 0.25) is 0 Å². The van der Waals surface area contributed by atoms with Crippen molar-refractivity contribution in [1.82, 2.24) is 5.32 Å². The summed E-state index contributed by atoms with van der Waals surface area (Å²) in [6.45, 7) is 4.69. The van der Waals surface area contributed by atoms with Crippen molar-refractivity contribution in [1.29, 1.82) is 0 Å². The molecule has 1 heterocycles. The quantitative estimate of drug-likeness (QED) is 0.827. The molecule has 1 nitrogen and oxygen atoms in total. The van der Waals surface area contributed by atoms with Crippen LogP contribution < -0.4 is 5.32 Å². The van der Waals surface area contributed by atoms with Crippen LogP contribution in [-0.4, -0.2) is 11.8 Å². The van der Waals surface area contributed by atoms with E-state index in [1.165, 1.54) is 36.1 Å². The van der Waals surface area contributed by atoms with Crippen molar-refractivity contribution in [2.24, 2.45) is 11.8 Å². The Bertz CT molecular complexity index is 480. The third-order valence-electron chi connectivity index (χ3n) is 5.16. The van der Waals surface area contributed by atoms with Gasteiger partial charge in [-0.05, 0) is 73.5 Å². The molecule has 1 aliphatic carbocycles. The number of benzene rings is 1. The van der Waals surface area contributed by atoms with Gasteiger partial charge in [0.1, 0.15) is 5.82 Å². The molecule has 3 heteroatoms. The Morgan fingerprint density at radius 3 is 2.62 bits per heavy atom. The molecule has 1 saturated carbocycles. The van der Waals surface area contributed by atoms with E-state index < -0.39 is 0 Å². The monoisotopic (exact) mass is 307 g/mol. The average Bonchev–Trinajstić information content (AvgIpc) is 2.48. The molecule has 2 aliphatic rings. The first-order valence-corrected chi connectivity index (χ1v) is 9.30. The van der Waals surface area contributed by atoms with E-state index in [1.54, 1.807) is 12.1 Å². The standard InChI is InChI=1S/C18H26FNS/c1-12(2)13-3-6-15(7-4-13)20-17-9-10-21-18-8-5-14(19)11-16(17)18/h5,8,11-13,15,17,20H,3-4,6-7,9-10H2,1-2H3. The molecule has 1 atom stereocenters. The van der Waals surface area contributed by atoms with Gasteiger partial charge in [-0.2, -0.15) is 0 Å². The van der Waals surface area contributed by atoms with Crippen LogP contribution in [0.1, 0.15) is 57.6 Å². The molecule has 1 aromatic rings. The molecule has 1 fully saturated rings. The van der Waals surface area contributed by atoms with Crippen molar-refractivity contribution in [3.05, 3.63) is 29.6 Å². The molecular formula is C18H26FNS. The first kappa shape index (κ1) is 15.4. The molecule has 1 N–H and O–H groups in total. The Hall–Kier alpha value is -0.540. The van der Waals surface area contributed by atoms with Gasteiger partial charge < -0.3 is 5.32 Å². The van der Waals surface area contributed by atoms with Gasteiger partial charge >= 0.3 is 0 Å². The predicted octanol–water partition coefficient (Wildman–Crippen LogP) is 5.17. The van der Waals surface area contributed by atoms with Gasteiger partial charge in [0.15, 0.2) is 0 Å². The Morgan fingerprint density at radius 2 is 1.90 bits per heavy atom. The molecule has 21 heavy (non-hydrogen) atoms. The SMILES string of the molecule is CC(C)C1CCC(NC2CCSc3ccc(F)cc32)CC1. The molecular weight excluding hydrogens is 281 g/mol. The van der Waals surface area contributed by atoms with Crippen molar-refractivity contribution in [2.75, 3.05) is 5.75 Å². The number of fused-ring (bicyclic) bond motifs is 1. The molecule has 1 aromatic carbocycles. The molecule has 0 aromatic heterocycles. The minimum atomic E-state index is -0.105. The van der Waals surface area contributed by atoms with Gasteiger partial charge in [0, 0.05) is 17.0 Å².